The van der Waals surface area contributed by atoms with E-state index in [0.717, 1.165) is 0 Å². The molecule has 2 aromatic heterocycles. The van der Waals surface area contributed by atoms with E-state index in [9.17, 15) is 13.6 Å². The second kappa shape index (κ2) is 12.5. The minimum absolute atomic E-state index is 0. The van der Waals surface area contributed by atoms with Crippen molar-refractivity contribution < 1.29 is 13.6 Å². The molecule has 14 heteroatoms. The van der Waals surface area contributed by atoms with Crippen molar-refractivity contribution in [2.45, 2.75) is 0 Å². The van der Waals surface area contributed by atoms with Crippen LogP contribution in [0.1, 0.15) is 10.4 Å². The Labute approximate surface area is 232 Å². The minimum atomic E-state index is -0.444. The first-order chi connectivity index (χ1) is 17.3. The monoisotopic (exact) mass is 652 g/mol. The molecule has 0 saturated carbocycles. The van der Waals surface area contributed by atoms with Crippen molar-refractivity contribution in [3.05, 3.63) is 106 Å². The molecule has 0 atom stereocenters. The molecule has 0 aliphatic rings. The fourth-order valence-corrected chi connectivity index (χ4v) is 4.04. The van der Waals surface area contributed by atoms with Crippen molar-refractivity contribution in [1.82, 2.24) is 29.5 Å². The summed E-state index contributed by atoms with van der Waals surface area (Å²) in [5.41, 5.74) is 6.36. The van der Waals surface area contributed by atoms with Crippen LogP contribution >= 0.6 is 44.3 Å². The number of anilines is 2. The minimum Gasteiger partial charge on any atom is -0.366 e. The fourth-order valence-electron chi connectivity index (χ4n) is 2.99. The van der Waals surface area contributed by atoms with Crippen LogP contribution < -0.4 is 11.1 Å². The molecule has 5 aromatic rings. The normalized spacial score (nSPS) is 10.2. The van der Waals surface area contributed by atoms with Gasteiger partial charge in [-0.1, -0.05) is 30.3 Å². The van der Waals surface area contributed by atoms with Crippen LogP contribution in [0.25, 0.3) is 11.4 Å². The van der Waals surface area contributed by atoms with Gasteiger partial charge in [0.2, 0.25) is 11.9 Å². The summed E-state index contributed by atoms with van der Waals surface area (Å²) < 4.78 is 30.9. The Morgan fingerprint density at radius 2 is 1.32 bits per heavy atom. The number of nitrogens with zero attached hydrogens (tertiary/aromatic N) is 6. The SMILES string of the molecule is Cl.Nc1ncn(-c2c(F)cccc2Br)n1.O=C(Nc1ncn(-c2c(F)cccc2Br)n1)c1ccccc1. The molecule has 37 heavy (non-hydrogen) atoms. The van der Waals surface area contributed by atoms with Gasteiger partial charge in [0.1, 0.15) is 35.7 Å². The van der Waals surface area contributed by atoms with E-state index in [1.165, 1.54) is 34.2 Å². The lowest BCUT2D eigenvalue weighted by molar-refractivity contribution is 0.102. The fraction of sp³-hybridized carbons (Fsp3) is 0. The molecule has 5 rings (SSSR count). The molecule has 3 aromatic carbocycles. The number of carbonyl (C=O) groups is 1. The number of benzene rings is 3. The zero-order chi connectivity index (χ0) is 25.7. The van der Waals surface area contributed by atoms with Crippen LogP contribution in [0.3, 0.4) is 0 Å². The third-order valence-electron chi connectivity index (χ3n) is 4.60. The smallest absolute Gasteiger partial charge is 0.258 e. The highest BCUT2D eigenvalue weighted by molar-refractivity contribution is 9.11. The number of aromatic nitrogens is 6. The van der Waals surface area contributed by atoms with Gasteiger partial charge in [0.25, 0.3) is 5.91 Å². The van der Waals surface area contributed by atoms with Gasteiger partial charge < -0.3 is 5.73 Å². The zero-order valence-electron chi connectivity index (χ0n) is 18.6. The van der Waals surface area contributed by atoms with Crippen LogP contribution in [0, 0.1) is 11.6 Å². The molecule has 190 valence electrons. The summed E-state index contributed by atoms with van der Waals surface area (Å²) in [6.45, 7) is 0. The Kier molecular flexibility index (Phi) is 9.44. The maximum atomic E-state index is 13.9. The zero-order valence-corrected chi connectivity index (χ0v) is 22.6. The van der Waals surface area contributed by atoms with Gasteiger partial charge in [-0.3, -0.25) is 10.1 Å². The Hall–Kier alpha value is -3.68. The third-order valence-corrected chi connectivity index (χ3v) is 5.88. The van der Waals surface area contributed by atoms with E-state index in [1.807, 2.05) is 6.07 Å². The number of hydrogen-bond acceptors (Lipinski definition) is 6. The Balaban J connectivity index is 0.000000220. The van der Waals surface area contributed by atoms with E-state index in [2.05, 4.69) is 57.3 Å². The summed E-state index contributed by atoms with van der Waals surface area (Å²) in [5, 5.41) is 10.5. The average Bonchev–Trinajstić information content (AvgIpc) is 3.49. The molecule has 0 saturated heterocycles. The van der Waals surface area contributed by atoms with Gasteiger partial charge in [-0.05, 0) is 68.3 Å². The standard InChI is InChI=1S/C15H10BrFN4O.C8H6BrFN4.ClH/c16-11-7-4-8-12(17)13(11)21-9-18-15(20-21)19-14(22)10-5-2-1-3-6-10;9-5-2-1-3-6(10)7(5)14-4-12-8(11)13-14;/h1-9H,(H,19,20,22);1-4H,(H2,11,13);1H. The van der Waals surface area contributed by atoms with Crippen LogP contribution in [0.15, 0.2) is 88.3 Å². The third kappa shape index (κ3) is 6.76. The molecular formula is C23H17Br2ClF2N8O. The van der Waals surface area contributed by atoms with E-state index in [4.69, 9.17) is 5.73 Å². The summed E-state index contributed by atoms with van der Waals surface area (Å²) in [5.74, 6) is -0.945. The van der Waals surface area contributed by atoms with Gasteiger partial charge >= 0.3 is 0 Å². The number of nitrogen functional groups attached to an aromatic ring is 1. The number of para-hydroxylation sites is 2. The highest BCUT2D eigenvalue weighted by atomic mass is 79.9. The lowest BCUT2D eigenvalue weighted by atomic mass is 10.2. The molecule has 0 bridgehead atoms. The number of nitrogens with two attached hydrogens (primary N) is 1. The second-order valence-electron chi connectivity index (χ2n) is 7.02. The Morgan fingerprint density at radius 1 is 0.784 bits per heavy atom. The van der Waals surface area contributed by atoms with Gasteiger partial charge in [0, 0.05) is 14.5 Å². The van der Waals surface area contributed by atoms with Crippen LogP contribution in [-0.4, -0.2) is 35.4 Å². The Morgan fingerprint density at radius 3 is 1.84 bits per heavy atom. The van der Waals surface area contributed by atoms with Gasteiger partial charge in [0.05, 0.1) is 0 Å². The van der Waals surface area contributed by atoms with Crippen molar-refractivity contribution in [3.8, 4) is 11.4 Å². The number of rotatable bonds is 4. The predicted molar refractivity (Wildman–Crippen MR) is 144 cm³/mol. The summed E-state index contributed by atoms with van der Waals surface area (Å²) >= 11 is 6.49. The first-order valence-corrected chi connectivity index (χ1v) is 11.8. The lowest BCUT2D eigenvalue weighted by Gasteiger charge is -2.04. The summed E-state index contributed by atoms with van der Waals surface area (Å²) in [4.78, 5) is 19.7. The van der Waals surface area contributed by atoms with Crippen LogP contribution in [0.5, 0.6) is 0 Å². The quantitative estimate of drug-likeness (QED) is 0.261. The van der Waals surface area contributed by atoms with E-state index < -0.39 is 5.82 Å². The molecule has 1 amide bonds. The topological polar surface area (TPSA) is 117 Å². The van der Waals surface area contributed by atoms with Crippen LogP contribution in [-0.2, 0) is 0 Å². The summed E-state index contributed by atoms with van der Waals surface area (Å²) in [7, 11) is 0. The highest BCUT2D eigenvalue weighted by Crippen LogP contribution is 2.24. The van der Waals surface area contributed by atoms with Crippen molar-refractivity contribution in [2.24, 2.45) is 0 Å². The molecule has 0 radical (unpaired) electrons. The van der Waals surface area contributed by atoms with Crippen molar-refractivity contribution in [2.75, 3.05) is 11.1 Å². The van der Waals surface area contributed by atoms with E-state index in [1.54, 1.807) is 48.5 Å². The van der Waals surface area contributed by atoms with Gasteiger partial charge in [-0.25, -0.2) is 23.1 Å². The molecule has 0 aliphatic heterocycles. The van der Waals surface area contributed by atoms with Gasteiger partial charge in [0.15, 0.2) is 0 Å². The average molecular weight is 655 g/mol. The number of amides is 1. The molecule has 2 heterocycles. The first kappa shape index (κ1) is 27.9. The first-order valence-electron chi connectivity index (χ1n) is 10.2. The van der Waals surface area contributed by atoms with E-state index in [-0.39, 0.29) is 41.7 Å². The van der Waals surface area contributed by atoms with Crippen LogP contribution in [0.4, 0.5) is 20.7 Å². The van der Waals surface area contributed by atoms with E-state index in [0.29, 0.717) is 20.2 Å². The van der Waals surface area contributed by atoms with Gasteiger partial charge in [-0.2, -0.15) is 4.98 Å². The second-order valence-corrected chi connectivity index (χ2v) is 8.73. The molecule has 0 spiro atoms. The largest absolute Gasteiger partial charge is 0.366 e. The molecule has 9 nitrogen and oxygen atoms in total. The number of nitrogens with one attached hydrogen (secondary N) is 1. The maximum Gasteiger partial charge on any atom is 0.258 e. The van der Waals surface area contributed by atoms with Crippen LogP contribution in [0.2, 0.25) is 0 Å². The predicted octanol–water partition coefficient (Wildman–Crippen LogP) is 5.59. The van der Waals surface area contributed by atoms with Crippen molar-refractivity contribution in [3.63, 3.8) is 0 Å². The molecule has 0 fully saturated rings. The van der Waals surface area contributed by atoms with E-state index >= 15 is 0 Å². The molecule has 3 N–H and O–H groups in total. The number of halogens is 5. The number of carbonyl (C=O) groups excluding carboxylic acids is 1. The van der Waals surface area contributed by atoms with Crippen molar-refractivity contribution in [1.29, 1.82) is 0 Å². The molecular weight excluding hydrogens is 638 g/mol. The lowest BCUT2D eigenvalue weighted by Crippen LogP contribution is -2.13. The maximum absolute atomic E-state index is 13.9. The summed E-state index contributed by atoms with van der Waals surface area (Å²) in [6, 6.07) is 18.0. The summed E-state index contributed by atoms with van der Waals surface area (Å²) in [6.07, 6.45) is 2.70. The highest BCUT2D eigenvalue weighted by Gasteiger charge is 2.13. The molecule has 0 aliphatic carbocycles. The number of hydrogen-bond donors (Lipinski definition) is 2. The van der Waals surface area contributed by atoms with Crippen molar-refractivity contribution >= 4 is 62.1 Å². The molecule has 0 unspecified atom stereocenters. The Bertz CT molecular complexity index is 1470. The van der Waals surface area contributed by atoms with Gasteiger partial charge in [-0.15, -0.1) is 22.6 Å².